The lowest BCUT2D eigenvalue weighted by atomic mass is 10.1. The van der Waals surface area contributed by atoms with Gasteiger partial charge in [0, 0.05) is 6.92 Å². The van der Waals surface area contributed by atoms with Crippen molar-refractivity contribution < 1.29 is 21.5 Å². The van der Waals surface area contributed by atoms with Gasteiger partial charge in [0.25, 0.3) is 0 Å². The Morgan fingerprint density at radius 1 is 1.47 bits per heavy atom. The molecule has 0 saturated carbocycles. The first-order valence-corrected chi connectivity index (χ1v) is 4.20. The molecule has 80 valence electrons. The van der Waals surface area contributed by atoms with Crippen LogP contribution >= 0.6 is 0 Å². The summed E-state index contributed by atoms with van der Waals surface area (Å²) in [5.41, 5.74) is -0.182. The molecule has 0 aliphatic rings. The lowest BCUT2D eigenvalue weighted by Crippen LogP contribution is -2.48. The van der Waals surface area contributed by atoms with E-state index in [1.807, 2.05) is 0 Å². The first-order valence-electron chi connectivity index (χ1n) is 6.70. The normalized spacial score (nSPS) is 16.5. The third-order valence-corrected chi connectivity index (χ3v) is 1.62. The molecule has 0 fully saturated rings. The number of nitrogens with one attached hydrogen (secondary N) is 1. The summed E-state index contributed by atoms with van der Waals surface area (Å²) in [7, 11) is 0. The number of carboxylic acids is 1. The van der Waals surface area contributed by atoms with Crippen molar-refractivity contribution in [3.8, 4) is 0 Å². The molecular formula is C11H12NO3-. The zero-order valence-electron chi connectivity index (χ0n) is 13.0. The van der Waals surface area contributed by atoms with Crippen molar-refractivity contribution in [3.05, 3.63) is 35.8 Å². The molecule has 0 spiro atoms. The highest BCUT2D eigenvalue weighted by atomic mass is 16.4. The van der Waals surface area contributed by atoms with Gasteiger partial charge in [0.15, 0.2) is 0 Å². The van der Waals surface area contributed by atoms with Crippen molar-refractivity contribution in [1.82, 2.24) is 5.32 Å². The van der Waals surface area contributed by atoms with E-state index in [2.05, 4.69) is 5.32 Å². The number of amides is 1. The average Bonchev–Trinajstić information content (AvgIpc) is 2.37. The van der Waals surface area contributed by atoms with Crippen LogP contribution < -0.4 is 10.4 Å². The predicted molar refractivity (Wildman–Crippen MR) is 52.8 cm³/mol. The molecule has 1 atom stereocenters. The van der Waals surface area contributed by atoms with Crippen LogP contribution in [0.2, 0.25) is 0 Å². The summed E-state index contributed by atoms with van der Waals surface area (Å²) in [6.45, 7) is 1.11. The van der Waals surface area contributed by atoms with E-state index in [4.69, 9.17) is 6.85 Å². The molecule has 0 aromatic heterocycles. The fourth-order valence-electron chi connectivity index (χ4n) is 1.02. The van der Waals surface area contributed by atoms with Crippen molar-refractivity contribution in [1.29, 1.82) is 0 Å². The summed E-state index contributed by atoms with van der Waals surface area (Å²) in [5.74, 6) is -2.21. The molecule has 0 heterocycles. The number of carbonyl (C=O) groups is 2. The molecule has 1 rings (SSSR count). The van der Waals surface area contributed by atoms with Crippen molar-refractivity contribution in [3.63, 3.8) is 0 Å². The SMILES string of the molecule is [2H]c1c([2H])c([2H])c(C[C@H](NC(C)=O)C(=O)[O-])c([2H])c1[2H]. The third kappa shape index (κ3) is 3.81. The fourth-order valence-corrected chi connectivity index (χ4v) is 1.02. The molecule has 0 saturated heterocycles. The standard InChI is InChI=1S/C11H13NO3/c1-8(13)12-10(11(14)15)7-9-5-3-2-4-6-9/h2-6,10H,7H2,1H3,(H,12,13)(H,14,15)/p-1/t10-/m0/s1/i2D,3D,4D,5D,6D. The monoisotopic (exact) mass is 211 g/mol. The zero-order chi connectivity index (χ0) is 15.6. The molecule has 0 aliphatic carbocycles. The Morgan fingerprint density at radius 2 is 2.07 bits per heavy atom. The summed E-state index contributed by atoms with van der Waals surface area (Å²) in [6.07, 6.45) is -0.447. The van der Waals surface area contributed by atoms with Gasteiger partial charge in [-0.3, -0.25) is 4.79 Å². The Morgan fingerprint density at radius 3 is 2.53 bits per heavy atom. The molecule has 0 bridgehead atoms. The maximum Gasteiger partial charge on any atom is 0.217 e. The largest absolute Gasteiger partial charge is 0.548 e. The minimum atomic E-state index is -1.59. The highest BCUT2D eigenvalue weighted by Crippen LogP contribution is 2.02. The quantitative estimate of drug-likeness (QED) is 0.728. The van der Waals surface area contributed by atoms with Crippen LogP contribution in [0.4, 0.5) is 0 Å². The van der Waals surface area contributed by atoms with E-state index >= 15 is 0 Å². The smallest absolute Gasteiger partial charge is 0.217 e. The van der Waals surface area contributed by atoms with E-state index in [0.717, 1.165) is 6.92 Å². The second-order valence-electron chi connectivity index (χ2n) is 2.88. The Labute approximate surface area is 94.9 Å². The Hall–Kier alpha value is -1.84. The van der Waals surface area contributed by atoms with Gasteiger partial charge in [0.2, 0.25) is 5.91 Å². The van der Waals surface area contributed by atoms with Gasteiger partial charge in [-0.2, -0.15) is 0 Å². The Bertz CT molecular complexity index is 547. The molecule has 1 aromatic rings. The number of rotatable bonds is 4. The van der Waals surface area contributed by atoms with Crippen molar-refractivity contribution in [2.75, 3.05) is 0 Å². The van der Waals surface area contributed by atoms with E-state index in [9.17, 15) is 14.7 Å². The number of carbonyl (C=O) groups excluding carboxylic acids is 2. The minimum Gasteiger partial charge on any atom is -0.548 e. The highest BCUT2D eigenvalue weighted by Gasteiger charge is 2.11. The zero-order valence-corrected chi connectivity index (χ0v) is 8.01. The van der Waals surface area contributed by atoms with Crippen molar-refractivity contribution in [2.24, 2.45) is 0 Å². The summed E-state index contributed by atoms with van der Waals surface area (Å²) in [4.78, 5) is 21.8. The van der Waals surface area contributed by atoms with E-state index in [1.165, 1.54) is 0 Å². The maximum absolute atomic E-state index is 10.9. The van der Waals surface area contributed by atoms with E-state index in [0.29, 0.717) is 0 Å². The summed E-state index contributed by atoms with van der Waals surface area (Å²) in [6, 6.07) is -4.12. The molecule has 4 heteroatoms. The minimum absolute atomic E-state index is 0.182. The molecule has 4 nitrogen and oxygen atoms in total. The van der Waals surface area contributed by atoms with Crippen molar-refractivity contribution >= 4 is 11.9 Å². The topological polar surface area (TPSA) is 69.2 Å². The van der Waals surface area contributed by atoms with Gasteiger partial charge < -0.3 is 15.2 Å². The van der Waals surface area contributed by atoms with Crippen LogP contribution in [-0.4, -0.2) is 17.9 Å². The summed E-state index contributed by atoms with van der Waals surface area (Å²) in [5, 5.41) is 13.0. The van der Waals surface area contributed by atoms with E-state index in [-0.39, 0.29) is 5.56 Å². The Balaban J connectivity index is 3.26. The number of benzene rings is 1. The number of hydrogen-bond acceptors (Lipinski definition) is 3. The predicted octanol–water partition coefficient (Wildman–Crippen LogP) is -0.516. The molecule has 1 N–H and O–H groups in total. The highest BCUT2D eigenvalue weighted by molar-refractivity contribution is 5.81. The van der Waals surface area contributed by atoms with Gasteiger partial charge >= 0.3 is 0 Å². The van der Waals surface area contributed by atoms with Crippen LogP contribution in [0.25, 0.3) is 0 Å². The van der Waals surface area contributed by atoms with Gasteiger partial charge in [0.05, 0.1) is 18.9 Å². The fraction of sp³-hybridized carbons (Fsp3) is 0.273. The number of aliphatic carboxylic acids is 1. The molecule has 0 unspecified atom stereocenters. The van der Waals surface area contributed by atoms with Gasteiger partial charge in [0.1, 0.15) is 0 Å². The second kappa shape index (κ2) is 5.14. The number of carboxylic acid groups (broad SMARTS) is 1. The van der Waals surface area contributed by atoms with Gasteiger partial charge in [-0.05, 0) is 12.0 Å². The first-order chi connectivity index (χ1) is 9.16. The van der Waals surface area contributed by atoms with Crippen LogP contribution in [0.5, 0.6) is 0 Å². The van der Waals surface area contributed by atoms with Crippen LogP contribution in [0.15, 0.2) is 30.2 Å². The maximum atomic E-state index is 10.9. The number of hydrogen-bond donors (Lipinski definition) is 1. The average molecular weight is 211 g/mol. The lowest BCUT2D eigenvalue weighted by molar-refractivity contribution is -0.308. The summed E-state index contributed by atoms with van der Waals surface area (Å²) >= 11 is 0. The van der Waals surface area contributed by atoms with Crippen LogP contribution in [-0.2, 0) is 16.0 Å². The van der Waals surface area contributed by atoms with Crippen LogP contribution in [0, 0.1) is 0 Å². The molecular weight excluding hydrogens is 194 g/mol. The molecule has 0 aliphatic heterocycles. The van der Waals surface area contributed by atoms with Crippen LogP contribution in [0.1, 0.15) is 19.3 Å². The molecule has 1 amide bonds. The lowest BCUT2D eigenvalue weighted by Gasteiger charge is -2.18. The third-order valence-electron chi connectivity index (χ3n) is 1.62. The van der Waals surface area contributed by atoms with E-state index in [1.54, 1.807) is 0 Å². The van der Waals surface area contributed by atoms with Gasteiger partial charge in [-0.1, -0.05) is 30.2 Å². The van der Waals surface area contributed by atoms with Crippen LogP contribution in [0.3, 0.4) is 0 Å². The molecule has 0 radical (unpaired) electrons. The van der Waals surface area contributed by atoms with Gasteiger partial charge in [-0.15, -0.1) is 0 Å². The Kier molecular flexibility index (Phi) is 2.02. The first kappa shape index (κ1) is 5.90. The molecule has 1 aromatic carbocycles. The summed E-state index contributed by atoms with van der Waals surface area (Å²) < 4.78 is 37.7. The van der Waals surface area contributed by atoms with Crippen molar-refractivity contribution in [2.45, 2.75) is 19.4 Å². The van der Waals surface area contributed by atoms with Gasteiger partial charge in [-0.25, -0.2) is 0 Å². The van der Waals surface area contributed by atoms with E-state index < -0.39 is 54.6 Å². The molecule has 15 heavy (non-hydrogen) atoms. The second-order valence-corrected chi connectivity index (χ2v) is 2.88.